The lowest BCUT2D eigenvalue weighted by Gasteiger charge is -2.45. The van der Waals surface area contributed by atoms with Gasteiger partial charge in [-0.1, -0.05) is 36.0 Å². The number of nitrogens with two attached hydrogens (primary N) is 1. The Labute approximate surface area is 199 Å². The van der Waals surface area contributed by atoms with Gasteiger partial charge in [0.1, 0.15) is 0 Å². The molecular weight excluding hydrogens is 480 g/mol. The van der Waals surface area contributed by atoms with Crippen molar-refractivity contribution in [3.8, 4) is 0 Å². The average molecular weight is 510 g/mol. The third kappa shape index (κ3) is 7.04. The van der Waals surface area contributed by atoms with E-state index in [1.54, 1.807) is 11.8 Å². The van der Waals surface area contributed by atoms with Gasteiger partial charge < -0.3 is 20.9 Å². The number of nitrogens with zero attached hydrogens (tertiary/aromatic N) is 2. The average Bonchev–Trinajstić information content (AvgIpc) is 2.69. The second kappa shape index (κ2) is 11.5. The van der Waals surface area contributed by atoms with Crippen molar-refractivity contribution < 1.29 is 28.4 Å². The Morgan fingerprint density at radius 1 is 1.16 bits per heavy atom. The van der Waals surface area contributed by atoms with Gasteiger partial charge in [-0.2, -0.15) is 4.31 Å². The fourth-order valence-corrected chi connectivity index (χ4v) is 5.87. The number of rotatable bonds is 11. The molecule has 2 rings (SSSR count). The van der Waals surface area contributed by atoms with Gasteiger partial charge in [0.15, 0.2) is 0 Å². The highest BCUT2D eigenvalue weighted by Crippen LogP contribution is 2.28. The number of sulfonamides is 1. The number of halogens is 2. The Balaban J connectivity index is 2.01. The molecule has 32 heavy (non-hydrogen) atoms. The number of carboxylic acid groups (broad SMARTS) is 1. The van der Waals surface area contributed by atoms with Crippen LogP contribution in [0.3, 0.4) is 0 Å². The van der Waals surface area contributed by atoms with Crippen LogP contribution in [0.2, 0.25) is 10.0 Å². The van der Waals surface area contributed by atoms with Crippen molar-refractivity contribution in [1.82, 2.24) is 9.21 Å². The molecule has 1 aromatic rings. The van der Waals surface area contributed by atoms with Gasteiger partial charge in [-0.15, -0.1) is 0 Å². The molecular formula is C19H30BCl2N3O6S. The lowest BCUT2D eigenvalue weighted by Crippen LogP contribution is -2.66. The molecule has 0 aromatic heterocycles. The third-order valence-corrected chi connectivity index (χ3v) is 8.39. The number of hydrogen-bond donors (Lipinski definition) is 4. The number of aliphatic carboxylic acids is 1. The van der Waals surface area contributed by atoms with Crippen LogP contribution in [-0.4, -0.2) is 83.5 Å². The second-order valence-corrected chi connectivity index (χ2v) is 11.1. The van der Waals surface area contributed by atoms with Gasteiger partial charge in [0, 0.05) is 38.1 Å². The van der Waals surface area contributed by atoms with Crippen LogP contribution in [0, 0.1) is 0 Å². The van der Waals surface area contributed by atoms with Crippen molar-refractivity contribution in [2.75, 3.05) is 26.2 Å². The van der Waals surface area contributed by atoms with Crippen molar-refractivity contribution in [2.45, 2.75) is 55.4 Å². The minimum Gasteiger partial charge on any atom is -0.481 e. The molecule has 9 nitrogen and oxygen atoms in total. The fraction of sp³-hybridized carbons (Fsp3) is 0.632. The highest BCUT2D eigenvalue weighted by molar-refractivity contribution is 7.89. The molecule has 1 saturated heterocycles. The van der Waals surface area contributed by atoms with Gasteiger partial charge in [-0.3, -0.25) is 9.69 Å². The lowest BCUT2D eigenvalue weighted by molar-refractivity contribution is -0.137. The second-order valence-electron chi connectivity index (χ2n) is 8.33. The van der Waals surface area contributed by atoms with Crippen LogP contribution < -0.4 is 5.73 Å². The van der Waals surface area contributed by atoms with Gasteiger partial charge in [0.25, 0.3) is 0 Å². The number of hydrogen-bond acceptors (Lipinski definition) is 7. The maximum Gasteiger partial charge on any atom is 0.471 e. The Bertz CT molecular complexity index is 895. The molecule has 0 saturated carbocycles. The standard InChI is InChI=1S/C19H30BCl2N3O6S/c1-19(23,8-4-2-3-5-17(26)27)18(20(28)29)24-9-11-25(12-10-24)32(30,31)14-6-7-15(21)16(22)13-14/h6-7,13,18,28-29H,2-5,8-12,23H2,1H3,(H,26,27). The van der Waals surface area contributed by atoms with Crippen LogP contribution in [0.1, 0.15) is 39.0 Å². The van der Waals surface area contributed by atoms with E-state index in [1.807, 2.05) is 0 Å². The summed E-state index contributed by atoms with van der Waals surface area (Å²) >= 11 is 11.8. The molecule has 1 aromatic carbocycles. The van der Waals surface area contributed by atoms with Crippen molar-refractivity contribution in [3.05, 3.63) is 28.2 Å². The molecule has 180 valence electrons. The maximum absolute atomic E-state index is 12.9. The van der Waals surface area contributed by atoms with E-state index in [1.165, 1.54) is 22.5 Å². The summed E-state index contributed by atoms with van der Waals surface area (Å²) < 4.78 is 27.2. The Hall–Kier alpha value is -0.915. The Kier molecular flexibility index (Phi) is 9.80. The number of unbranched alkanes of at least 4 members (excludes halogenated alkanes) is 2. The largest absolute Gasteiger partial charge is 0.481 e. The summed E-state index contributed by atoms with van der Waals surface area (Å²) in [5.74, 6) is -1.64. The first kappa shape index (κ1) is 27.3. The highest BCUT2D eigenvalue weighted by Gasteiger charge is 2.44. The Morgan fingerprint density at radius 2 is 1.78 bits per heavy atom. The fourth-order valence-electron chi connectivity index (χ4n) is 4.06. The van der Waals surface area contributed by atoms with Crippen molar-refractivity contribution in [2.24, 2.45) is 5.73 Å². The van der Waals surface area contributed by atoms with Crippen LogP contribution in [0.4, 0.5) is 0 Å². The number of carboxylic acids is 1. The summed E-state index contributed by atoms with van der Waals surface area (Å²) in [5, 5.41) is 29.2. The smallest absolute Gasteiger partial charge is 0.471 e. The van der Waals surface area contributed by atoms with Crippen LogP contribution in [0.25, 0.3) is 0 Å². The minimum atomic E-state index is -3.77. The zero-order chi connectivity index (χ0) is 24.1. The number of benzene rings is 1. The maximum atomic E-state index is 12.9. The quantitative estimate of drug-likeness (QED) is 0.259. The van der Waals surface area contributed by atoms with E-state index in [0.717, 1.165) is 0 Å². The number of carbonyl (C=O) groups is 1. The molecule has 5 N–H and O–H groups in total. The SMILES string of the molecule is CC(N)(CCCCCC(=O)O)C(B(O)O)N1CCN(S(=O)(=O)c2ccc(Cl)c(Cl)c2)CC1. The first-order valence-corrected chi connectivity index (χ1v) is 12.6. The topological polar surface area (TPSA) is 144 Å². The van der Waals surface area contributed by atoms with E-state index in [2.05, 4.69) is 0 Å². The molecule has 0 spiro atoms. The van der Waals surface area contributed by atoms with E-state index >= 15 is 0 Å². The van der Waals surface area contributed by atoms with Crippen molar-refractivity contribution in [1.29, 1.82) is 0 Å². The normalized spacial score (nSPS) is 18.8. The monoisotopic (exact) mass is 509 g/mol. The molecule has 1 aliphatic rings. The molecule has 0 radical (unpaired) electrons. The molecule has 1 heterocycles. The predicted octanol–water partition coefficient (Wildman–Crippen LogP) is 1.43. The van der Waals surface area contributed by atoms with Crippen LogP contribution in [0.5, 0.6) is 0 Å². The molecule has 13 heteroatoms. The van der Waals surface area contributed by atoms with Gasteiger partial charge in [-0.05, 0) is 38.0 Å². The molecule has 1 aliphatic heterocycles. The van der Waals surface area contributed by atoms with E-state index in [4.69, 9.17) is 34.0 Å². The molecule has 2 atom stereocenters. The van der Waals surface area contributed by atoms with E-state index in [-0.39, 0.29) is 47.5 Å². The summed E-state index contributed by atoms with van der Waals surface area (Å²) in [6.45, 7) is 2.58. The van der Waals surface area contributed by atoms with Gasteiger partial charge in [0.05, 0.1) is 20.9 Å². The molecule has 0 aliphatic carbocycles. The van der Waals surface area contributed by atoms with E-state index < -0.39 is 34.6 Å². The highest BCUT2D eigenvalue weighted by atomic mass is 35.5. The summed E-state index contributed by atoms with van der Waals surface area (Å²) in [6.07, 6.45) is 2.40. The zero-order valence-corrected chi connectivity index (χ0v) is 20.3. The van der Waals surface area contributed by atoms with Gasteiger partial charge in [-0.25, -0.2) is 8.42 Å². The van der Waals surface area contributed by atoms with E-state index in [0.29, 0.717) is 25.7 Å². The predicted molar refractivity (Wildman–Crippen MR) is 124 cm³/mol. The van der Waals surface area contributed by atoms with Crippen LogP contribution in [0.15, 0.2) is 23.1 Å². The summed E-state index contributed by atoms with van der Waals surface area (Å²) in [6, 6.07) is 4.15. The van der Waals surface area contributed by atoms with Crippen molar-refractivity contribution >= 4 is 46.3 Å². The molecule has 0 bridgehead atoms. The van der Waals surface area contributed by atoms with Gasteiger partial charge >= 0.3 is 13.1 Å². The summed E-state index contributed by atoms with van der Waals surface area (Å²) in [4.78, 5) is 12.5. The first-order valence-electron chi connectivity index (χ1n) is 10.4. The summed E-state index contributed by atoms with van der Waals surface area (Å²) in [5.41, 5.74) is 5.48. The summed E-state index contributed by atoms with van der Waals surface area (Å²) in [7, 11) is -5.48. The molecule has 0 amide bonds. The van der Waals surface area contributed by atoms with Crippen LogP contribution >= 0.6 is 23.2 Å². The third-order valence-electron chi connectivity index (χ3n) is 5.76. The zero-order valence-electron chi connectivity index (χ0n) is 18.0. The Morgan fingerprint density at radius 3 is 2.31 bits per heavy atom. The van der Waals surface area contributed by atoms with E-state index in [9.17, 15) is 23.3 Å². The first-order chi connectivity index (χ1) is 14.9. The molecule has 2 unspecified atom stereocenters. The molecule has 1 fully saturated rings. The number of piperazine rings is 1. The van der Waals surface area contributed by atoms with Gasteiger partial charge in [0.2, 0.25) is 10.0 Å². The van der Waals surface area contributed by atoms with Crippen molar-refractivity contribution in [3.63, 3.8) is 0 Å². The van der Waals surface area contributed by atoms with Crippen LogP contribution in [-0.2, 0) is 14.8 Å². The minimum absolute atomic E-state index is 0.0455. The lowest BCUT2D eigenvalue weighted by atomic mass is 9.65.